The Kier molecular flexibility index (Phi) is 4.01. The van der Waals surface area contributed by atoms with Gasteiger partial charge in [0.2, 0.25) is 5.91 Å². The van der Waals surface area contributed by atoms with Gasteiger partial charge in [-0.3, -0.25) is 9.59 Å². The molecule has 8 heteroatoms. The number of fused-ring (bicyclic) bond motifs is 2. The van der Waals surface area contributed by atoms with Crippen LogP contribution in [0, 0.1) is 18.6 Å². The van der Waals surface area contributed by atoms with E-state index < -0.39 is 23.1 Å². The van der Waals surface area contributed by atoms with Crippen molar-refractivity contribution in [3.63, 3.8) is 0 Å². The lowest BCUT2D eigenvalue weighted by atomic mass is 9.82. The van der Waals surface area contributed by atoms with E-state index in [9.17, 15) is 18.4 Å². The molecule has 1 aromatic heterocycles. The zero-order chi connectivity index (χ0) is 19.3. The van der Waals surface area contributed by atoms with Gasteiger partial charge in [-0.15, -0.1) is 0 Å². The maximum Gasteiger partial charge on any atom is 0.256 e. The Morgan fingerprint density at radius 3 is 2.56 bits per heavy atom. The molecule has 1 spiro atoms. The second kappa shape index (κ2) is 6.14. The lowest BCUT2D eigenvalue weighted by Crippen LogP contribution is -2.54. The summed E-state index contributed by atoms with van der Waals surface area (Å²) >= 11 is 0. The second-order valence-electron chi connectivity index (χ2n) is 7.33. The summed E-state index contributed by atoms with van der Waals surface area (Å²) in [5, 5.41) is 4.58. The van der Waals surface area contributed by atoms with Gasteiger partial charge in [0.05, 0.1) is 23.2 Å². The van der Waals surface area contributed by atoms with Gasteiger partial charge in [0.1, 0.15) is 17.5 Å². The van der Waals surface area contributed by atoms with E-state index in [1.54, 1.807) is 16.8 Å². The Hall–Kier alpha value is -2.77. The molecule has 6 nitrogen and oxygen atoms in total. The number of anilines is 1. The van der Waals surface area contributed by atoms with Crippen LogP contribution in [0.1, 0.15) is 35.3 Å². The van der Waals surface area contributed by atoms with Gasteiger partial charge >= 0.3 is 0 Å². The number of aromatic nitrogens is 2. The molecule has 0 bridgehead atoms. The minimum Gasteiger partial charge on any atom is -0.338 e. The molecular weight excluding hydrogens is 354 g/mol. The van der Waals surface area contributed by atoms with Crippen LogP contribution in [0.3, 0.4) is 0 Å². The number of amides is 2. The number of likely N-dealkylation sites (tertiary alicyclic amines) is 1. The number of carbonyl (C=O) groups is 2. The van der Waals surface area contributed by atoms with Crippen LogP contribution in [0.25, 0.3) is 0 Å². The molecule has 0 atom stereocenters. The average Bonchev–Trinajstić information content (AvgIpc) is 3.03. The molecule has 142 valence electrons. The highest BCUT2D eigenvalue weighted by Crippen LogP contribution is 2.41. The van der Waals surface area contributed by atoms with Crippen molar-refractivity contribution in [2.75, 3.05) is 25.0 Å². The number of piperidine rings is 1. The standard InChI is InChI=1S/C19H20F2N4O2/c1-12-9-16-23(2)17(26)11-19(25(16)22-12)5-7-24(8-6-19)18(27)14-4-3-13(20)10-15(14)21/h3-4,9-10H,5-8,11H2,1-2H3. The highest BCUT2D eigenvalue weighted by molar-refractivity contribution is 5.95. The van der Waals surface area contributed by atoms with E-state index in [0.29, 0.717) is 38.4 Å². The lowest BCUT2D eigenvalue weighted by Gasteiger charge is -2.46. The number of carbonyl (C=O) groups excluding carboxylic acids is 2. The molecule has 2 aliphatic heterocycles. The van der Waals surface area contributed by atoms with Gasteiger partial charge in [0.15, 0.2) is 0 Å². The number of aryl methyl sites for hydroxylation is 1. The van der Waals surface area contributed by atoms with Gasteiger partial charge in [-0.05, 0) is 31.9 Å². The van der Waals surface area contributed by atoms with Crippen molar-refractivity contribution in [1.29, 1.82) is 0 Å². The second-order valence-corrected chi connectivity index (χ2v) is 7.33. The number of hydrogen-bond donors (Lipinski definition) is 0. The van der Waals surface area contributed by atoms with E-state index in [1.165, 1.54) is 6.07 Å². The maximum atomic E-state index is 13.9. The molecule has 2 aromatic rings. The summed E-state index contributed by atoms with van der Waals surface area (Å²) < 4.78 is 28.9. The van der Waals surface area contributed by atoms with Crippen LogP contribution >= 0.6 is 0 Å². The summed E-state index contributed by atoms with van der Waals surface area (Å²) in [6, 6.07) is 4.85. The normalized spacial score (nSPS) is 18.7. The summed E-state index contributed by atoms with van der Waals surface area (Å²) in [5.74, 6) is -1.26. The molecule has 0 aliphatic carbocycles. The minimum atomic E-state index is -0.861. The molecular formula is C19H20F2N4O2. The predicted molar refractivity (Wildman–Crippen MR) is 94.5 cm³/mol. The van der Waals surface area contributed by atoms with E-state index in [0.717, 1.165) is 17.6 Å². The van der Waals surface area contributed by atoms with Crippen molar-refractivity contribution in [3.8, 4) is 0 Å². The molecule has 1 saturated heterocycles. The zero-order valence-corrected chi connectivity index (χ0v) is 15.2. The third-order valence-corrected chi connectivity index (χ3v) is 5.60. The predicted octanol–water partition coefficient (Wildman–Crippen LogP) is 2.47. The van der Waals surface area contributed by atoms with Crippen molar-refractivity contribution in [2.24, 2.45) is 0 Å². The van der Waals surface area contributed by atoms with Crippen molar-refractivity contribution < 1.29 is 18.4 Å². The Morgan fingerprint density at radius 2 is 1.89 bits per heavy atom. The van der Waals surface area contributed by atoms with Crippen molar-refractivity contribution in [3.05, 3.63) is 47.2 Å². The van der Waals surface area contributed by atoms with Gasteiger partial charge in [-0.2, -0.15) is 5.10 Å². The first kappa shape index (κ1) is 17.6. The number of rotatable bonds is 1. The van der Waals surface area contributed by atoms with Crippen LogP contribution in [0.5, 0.6) is 0 Å². The van der Waals surface area contributed by atoms with Crippen LogP contribution in [0.15, 0.2) is 24.3 Å². The topological polar surface area (TPSA) is 58.4 Å². The van der Waals surface area contributed by atoms with Crippen LogP contribution in [-0.2, 0) is 10.3 Å². The molecule has 27 heavy (non-hydrogen) atoms. The van der Waals surface area contributed by atoms with E-state index >= 15 is 0 Å². The van der Waals surface area contributed by atoms with Crippen LogP contribution in [0.2, 0.25) is 0 Å². The summed E-state index contributed by atoms with van der Waals surface area (Å²) in [7, 11) is 1.73. The first-order valence-corrected chi connectivity index (χ1v) is 8.89. The van der Waals surface area contributed by atoms with E-state index in [-0.39, 0.29) is 11.5 Å². The maximum absolute atomic E-state index is 13.9. The Morgan fingerprint density at radius 1 is 1.19 bits per heavy atom. The van der Waals surface area contributed by atoms with Gasteiger partial charge in [-0.1, -0.05) is 0 Å². The summed E-state index contributed by atoms with van der Waals surface area (Å²) in [6.07, 6.45) is 1.43. The molecule has 3 heterocycles. The molecule has 0 N–H and O–H groups in total. The molecule has 0 unspecified atom stereocenters. The number of halogens is 2. The third-order valence-electron chi connectivity index (χ3n) is 5.60. The van der Waals surface area contributed by atoms with Crippen molar-refractivity contribution in [1.82, 2.24) is 14.7 Å². The zero-order valence-electron chi connectivity index (χ0n) is 15.2. The Labute approximate surface area is 155 Å². The fourth-order valence-electron chi connectivity index (χ4n) is 4.02. The van der Waals surface area contributed by atoms with Crippen LogP contribution < -0.4 is 4.90 Å². The average molecular weight is 374 g/mol. The van der Waals surface area contributed by atoms with Crippen molar-refractivity contribution in [2.45, 2.75) is 31.7 Å². The van der Waals surface area contributed by atoms with E-state index in [1.807, 2.05) is 17.7 Å². The van der Waals surface area contributed by atoms with Crippen LogP contribution in [0.4, 0.5) is 14.6 Å². The van der Waals surface area contributed by atoms with E-state index in [4.69, 9.17) is 0 Å². The lowest BCUT2D eigenvalue weighted by molar-refractivity contribution is -0.122. The quantitative estimate of drug-likeness (QED) is 0.771. The fourth-order valence-corrected chi connectivity index (χ4v) is 4.02. The third kappa shape index (κ3) is 2.79. The van der Waals surface area contributed by atoms with Crippen molar-refractivity contribution >= 4 is 17.6 Å². The number of hydrogen-bond acceptors (Lipinski definition) is 3. The number of benzene rings is 1. The Balaban J connectivity index is 1.57. The molecule has 2 amide bonds. The SMILES string of the molecule is Cc1cc2n(n1)C1(CCN(C(=O)c3ccc(F)cc3F)CC1)CC(=O)N2C. The minimum absolute atomic E-state index is 0.0201. The Bertz CT molecular complexity index is 932. The largest absolute Gasteiger partial charge is 0.338 e. The summed E-state index contributed by atoms with van der Waals surface area (Å²) in [6.45, 7) is 2.64. The molecule has 1 fully saturated rings. The molecule has 0 saturated carbocycles. The van der Waals surface area contributed by atoms with Gasteiger partial charge in [-0.25, -0.2) is 13.5 Å². The molecule has 2 aliphatic rings. The number of nitrogens with zero attached hydrogens (tertiary/aromatic N) is 4. The highest BCUT2D eigenvalue weighted by atomic mass is 19.1. The molecule has 4 rings (SSSR count). The molecule has 1 aromatic carbocycles. The van der Waals surface area contributed by atoms with Gasteiger partial charge in [0, 0.05) is 32.3 Å². The monoisotopic (exact) mass is 374 g/mol. The highest BCUT2D eigenvalue weighted by Gasteiger charge is 2.46. The smallest absolute Gasteiger partial charge is 0.256 e. The van der Waals surface area contributed by atoms with E-state index in [2.05, 4.69) is 5.10 Å². The summed E-state index contributed by atoms with van der Waals surface area (Å²) in [4.78, 5) is 28.3. The first-order valence-electron chi connectivity index (χ1n) is 8.89. The molecule has 0 radical (unpaired) electrons. The fraction of sp³-hybridized carbons (Fsp3) is 0.421. The first-order chi connectivity index (χ1) is 12.8. The van der Waals surface area contributed by atoms with Gasteiger partial charge < -0.3 is 9.80 Å². The van der Waals surface area contributed by atoms with Crippen LogP contribution in [-0.4, -0.2) is 46.6 Å². The summed E-state index contributed by atoms with van der Waals surface area (Å²) in [5.41, 5.74) is 0.228. The van der Waals surface area contributed by atoms with Gasteiger partial charge in [0.25, 0.3) is 5.91 Å².